The Labute approximate surface area is 125 Å². The first-order chi connectivity index (χ1) is 9.91. The van der Waals surface area contributed by atoms with E-state index in [0.717, 1.165) is 39.3 Å². The van der Waals surface area contributed by atoms with E-state index in [2.05, 4.69) is 16.6 Å². The SMILES string of the molecule is C=C(C)CC1=C(C)C(=Nc2cccnc2)C(C)=C(C)C1=O. The van der Waals surface area contributed by atoms with Gasteiger partial charge in [-0.2, -0.15) is 0 Å². The summed E-state index contributed by atoms with van der Waals surface area (Å²) in [5.74, 6) is 0.109. The van der Waals surface area contributed by atoms with Gasteiger partial charge < -0.3 is 0 Å². The maximum absolute atomic E-state index is 12.5. The fourth-order valence-electron chi connectivity index (χ4n) is 2.40. The molecule has 2 rings (SSSR count). The van der Waals surface area contributed by atoms with Crippen LogP contribution in [0.3, 0.4) is 0 Å². The van der Waals surface area contributed by atoms with E-state index in [4.69, 9.17) is 0 Å². The number of Topliss-reactive ketones (excluding diaryl/α,β-unsaturated/α-hetero) is 1. The lowest BCUT2D eigenvalue weighted by Gasteiger charge is -2.21. The van der Waals surface area contributed by atoms with Crippen molar-refractivity contribution in [2.45, 2.75) is 34.1 Å². The van der Waals surface area contributed by atoms with Crippen LogP contribution in [0.25, 0.3) is 0 Å². The largest absolute Gasteiger partial charge is 0.289 e. The fraction of sp³-hybridized carbons (Fsp3) is 0.278. The zero-order valence-corrected chi connectivity index (χ0v) is 13.0. The maximum atomic E-state index is 12.5. The van der Waals surface area contributed by atoms with Crippen LogP contribution in [0.15, 0.2) is 64.0 Å². The summed E-state index contributed by atoms with van der Waals surface area (Å²) in [5, 5.41) is 0. The van der Waals surface area contributed by atoms with Gasteiger partial charge in [-0.15, -0.1) is 0 Å². The first-order valence-electron chi connectivity index (χ1n) is 6.97. The molecule has 1 aliphatic rings. The Kier molecular flexibility index (Phi) is 4.32. The van der Waals surface area contributed by atoms with E-state index in [1.54, 1.807) is 12.4 Å². The second kappa shape index (κ2) is 6.00. The molecule has 0 aromatic carbocycles. The Morgan fingerprint density at radius 1 is 1.24 bits per heavy atom. The van der Waals surface area contributed by atoms with Gasteiger partial charge in [-0.05, 0) is 57.4 Å². The molecule has 0 unspecified atom stereocenters. The number of rotatable bonds is 3. The number of carbonyl (C=O) groups is 1. The molecule has 0 amide bonds. The van der Waals surface area contributed by atoms with Gasteiger partial charge in [-0.25, -0.2) is 4.99 Å². The third kappa shape index (κ3) is 3.07. The molecule has 0 saturated carbocycles. The van der Waals surface area contributed by atoms with Gasteiger partial charge in [0.2, 0.25) is 0 Å². The summed E-state index contributed by atoms with van der Waals surface area (Å²) in [6.45, 7) is 11.6. The average molecular weight is 280 g/mol. The molecule has 0 spiro atoms. The summed E-state index contributed by atoms with van der Waals surface area (Å²) in [6, 6.07) is 3.76. The van der Waals surface area contributed by atoms with Gasteiger partial charge in [0.15, 0.2) is 5.78 Å². The van der Waals surface area contributed by atoms with E-state index in [1.165, 1.54) is 0 Å². The van der Waals surface area contributed by atoms with Crippen LogP contribution in [0.1, 0.15) is 34.1 Å². The standard InChI is InChI=1S/C18H20N2O/c1-11(2)9-16-14(5)17(12(3)13(4)18(16)21)20-15-7-6-8-19-10-15/h6-8,10H,1,9H2,2-5H3. The van der Waals surface area contributed by atoms with E-state index in [-0.39, 0.29) is 5.78 Å². The van der Waals surface area contributed by atoms with Gasteiger partial charge in [0.05, 0.1) is 17.6 Å². The Bertz CT molecular complexity index is 691. The van der Waals surface area contributed by atoms with Crippen LogP contribution in [0.5, 0.6) is 0 Å². The molecule has 0 saturated heterocycles. The molecule has 0 aliphatic heterocycles. The molecule has 21 heavy (non-hydrogen) atoms. The van der Waals surface area contributed by atoms with Crippen molar-refractivity contribution in [2.75, 3.05) is 0 Å². The van der Waals surface area contributed by atoms with Crippen molar-refractivity contribution in [3.8, 4) is 0 Å². The van der Waals surface area contributed by atoms with Crippen LogP contribution >= 0.6 is 0 Å². The van der Waals surface area contributed by atoms with Gasteiger partial charge >= 0.3 is 0 Å². The minimum absolute atomic E-state index is 0.109. The minimum atomic E-state index is 0.109. The molecule has 1 aliphatic carbocycles. The molecule has 3 heteroatoms. The highest BCUT2D eigenvalue weighted by atomic mass is 16.1. The number of carbonyl (C=O) groups excluding carboxylic acids is 1. The number of hydrogen-bond donors (Lipinski definition) is 0. The van der Waals surface area contributed by atoms with Crippen molar-refractivity contribution >= 4 is 17.2 Å². The van der Waals surface area contributed by atoms with Gasteiger partial charge in [0, 0.05) is 17.3 Å². The normalized spacial score (nSPS) is 17.7. The number of hydrogen-bond acceptors (Lipinski definition) is 3. The summed E-state index contributed by atoms with van der Waals surface area (Å²) < 4.78 is 0. The minimum Gasteiger partial charge on any atom is -0.289 e. The average Bonchev–Trinajstić information content (AvgIpc) is 2.47. The molecule has 0 radical (unpaired) electrons. The number of pyridine rings is 1. The smallest absolute Gasteiger partial charge is 0.185 e. The second-order valence-electron chi connectivity index (χ2n) is 5.49. The lowest BCUT2D eigenvalue weighted by atomic mass is 9.83. The van der Waals surface area contributed by atoms with Crippen LogP contribution in [0.4, 0.5) is 5.69 Å². The monoisotopic (exact) mass is 280 g/mol. The number of allylic oxidation sites excluding steroid dienone is 5. The predicted molar refractivity (Wildman–Crippen MR) is 86.8 cm³/mol. The highest BCUT2D eigenvalue weighted by molar-refractivity contribution is 6.27. The Morgan fingerprint density at radius 2 is 1.95 bits per heavy atom. The van der Waals surface area contributed by atoms with E-state index in [9.17, 15) is 4.79 Å². The molecule has 1 aromatic heterocycles. The van der Waals surface area contributed by atoms with Crippen LogP contribution in [0.2, 0.25) is 0 Å². The second-order valence-corrected chi connectivity index (χ2v) is 5.49. The van der Waals surface area contributed by atoms with Crippen LogP contribution in [0, 0.1) is 0 Å². The van der Waals surface area contributed by atoms with Gasteiger partial charge in [0.1, 0.15) is 0 Å². The molecular formula is C18H20N2O. The lowest BCUT2D eigenvalue weighted by Crippen LogP contribution is -2.21. The summed E-state index contributed by atoms with van der Waals surface area (Å²) in [5.41, 5.74) is 6.08. The van der Waals surface area contributed by atoms with E-state index in [1.807, 2.05) is 39.8 Å². The molecule has 1 aromatic rings. The van der Waals surface area contributed by atoms with Crippen molar-refractivity contribution in [3.63, 3.8) is 0 Å². The van der Waals surface area contributed by atoms with E-state index in [0.29, 0.717) is 6.42 Å². The third-order valence-electron chi connectivity index (χ3n) is 3.71. The molecule has 108 valence electrons. The maximum Gasteiger partial charge on any atom is 0.185 e. The quantitative estimate of drug-likeness (QED) is 0.610. The van der Waals surface area contributed by atoms with Crippen LogP contribution < -0.4 is 0 Å². The first kappa shape index (κ1) is 15.1. The molecule has 0 atom stereocenters. The van der Waals surface area contributed by atoms with Crippen molar-refractivity contribution in [1.82, 2.24) is 4.98 Å². The summed E-state index contributed by atoms with van der Waals surface area (Å²) in [4.78, 5) is 21.2. The Balaban J connectivity index is 2.57. The summed E-state index contributed by atoms with van der Waals surface area (Å²) in [7, 11) is 0. The van der Waals surface area contributed by atoms with Crippen LogP contribution in [-0.2, 0) is 4.79 Å². The van der Waals surface area contributed by atoms with Gasteiger partial charge in [-0.1, -0.05) is 12.2 Å². The summed E-state index contributed by atoms with van der Waals surface area (Å²) >= 11 is 0. The first-order valence-corrected chi connectivity index (χ1v) is 6.97. The molecule has 3 nitrogen and oxygen atoms in total. The number of aromatic nitrogens is 1. The van der Waals surface area contributed by atoms with Crippen molar-refractivity contribution in [3.05, 3.63) is 59.0 Å². The molecule has 0 fully saturated rings. The third-order valence-corrected chi connectivity index (χ3v) is 3.71. The van der Waals surface area contributed by atoms with Crippen molar-refractivity contribution in [1.29, 1.82) is 0 Å². The fourth-order valence-corrected chi connectivity index (χ4v) is 2.40. The number of nitrogens with zero attached hydrogens (tertiary/aromatic N) is 2. The van der Waals surface area contributed by atoms with Crippen LogP contribution in [-0.4, -0.2) is 16.5 Å². The summed E-state index contributed by atoms with van der Waals surface area (Å²) in [6.07, 6.45) is 4.04. The Morgan fingerprint density at radius 3 is 2.52 bits per heavy atom. The highest BCUT2D eigenvalue weighted by Crippen LogP contribution is 2.30. The molecule has 0 bridgehead atoms. The molecular weight excluding hydrogens is 260 g/mol. The van der Waals surface area contributed by atoms with Gasteiger partial charge in [0.25, 0.3) is 0 Å². The van der Waals surface area contributed by atoms with E-state index < -0.39 is 0 Å². The zero-order chi connectivity index (χ0) is 15.6. The molecule has 0 N–H and O–H groups in total. The topological polar surface area (TPSA) is 42.3 Å². The van der Waals surface area contributed by atoms with Crippen molar-refractivity contribution < 1.29 is 4.79 Å². The lowest BCUT2D eigenvalue weighted by molar-refractivity contribution is -0.112. The van der Waals surface area contributed by atoms with E-state index >= 15 is 0 Å². The zero-order valence-electron chi connectivity index (χ0n) is 13.0. The number of aliphatic imine (C=N–C) groups is 1. The molecule has 1 heterocycles. The van der Waals surface area contributed by atoms with Gasteiger partial charge in [-0.3, -0.25) is 9.78 Å². The van der Waals surface area contributed by atoms with Crippen molar-refractivity contribution in [2.24, 2.45) is 4.99 Å². The Hall–Kier alpha value is -2.29. The highest BCUT2D eigenvalue weighted by Gasteiger charge is 2.26. The number of ketones is 1. The predicted octanol–water partition coefficient (Wildman–Crippen LogP) is 4.36.